The maximum Gasteiger partial charge on any atom is 0.265 e. The molecule has 94 valence electrons. The summed E-state index contributed by atoms with van der Waals surface area (Å²) in [6.07, 6.45) is 1.41. The van der Waals surface area contributed by atoms with Gasteiger partial charge in [-0.25, -0.2) is 8.78 Å². The number of rotatable bonds is 2. The van der Waals surface area contributed by atoms with Gasteiger partial charge in [0.2, 0.25) is 0 Å². The third-order valence-electron chi connectivity index (χ3n) is 3.02. The molecule has 0 saturated heterocycles. The van der Waals surface area contributed by atoms with Crippen LogP contribution in [0.2, 0.25) is 0 Å². The molecular weight excluding hydrogens is 250 g/mol. The Morgan fingerprint density at radius 2 is 1.82 bits per heavy atom. The molecular formula is C11H12F2O3S. The van der Waals surface area contributed by atoms with Gasteiger partial charge < -0.3 is 0 Å². The summed E-state index contributed by atoms with van der Waals surface area (Å²) >= 11 is 0. The van der Waals surface area contributed by atoms with E-state index in [0.29, 0.717) is 24.8 Å². The Bertz CT molecular complexity index is 540. The second-order valence-electron chi connectivity index (χ2n) is 4.39. The number of benzene rings is 1. The molecule has 2 rings (SSSR count). The Kier molecular flexibility index (Phi) is 3.18. The minimum Gasteiger partial charge on any atom is -0.286 e. The molecule has 1 aromatic carbocycles. The second kappa shape index (κ2) is 4.34. The zero-order valence-corrected chi connectivity index (χ0v) is 9.80. The van der Waals surface area contributed by atoms with Crippen molar-refractivity contribution in [2.45, 2.75) is 19.3 Å². The van der Waals surface area contributed by atoms with E-state index in [1.807, 2.05) is 0 Å². The van der Waals surface area contributed by atoms with Crippen molar-refractivity contribution in [1.82, 2.24) is 0 Å². The maximum atomic E-state index is 13.0. The van der Waals surface area contributed by atoms with Gasteiger partial charge in [0.15, 0.2) is 11.6 Å². The summed E-state index contributed by atoms with van der Waals surface area (Å²) in [4.78, 5) is 0. The monoisotopic (exact) mass is 262 g/mol. The number of aryl methyl sites for hydroxylation is 1. The second-order valence-corrected chi connectivity index (χ2v) is 5.89. The van der Waals surface area contributed by atoms with Crippen LogP contribution < -0.4 is 0 Å². The molecule has 1 unspecified atom stereocenters. The summed E-state index contributed by atoms with van der Waals surface area (Å²) in [5.41, 5.74) is 1.35. The maximum absolute atomic E-state index is 13.0. The summed E-state index contributed by atoms with van der Waals surface area (Å²) in [7, 11) is -4.01. The molecule has 3 nitrogen and oxygen atoms in total. The lowest BCUT2D eigenvalue weighted by Gasteiger charge is -2.23. The summed E-state index contributed by atoms with van der Waals surface area (Å²) in [5, 5.41) is 0. The first kappa shape index (κ1) is 12.4. The average molecular weight is 262 g/mol. The van der Waals surface area contributed by atoms with E-state index in [0.717, 1.165) is 17.7 Å². The van der Waals surface area contributed by atoms with Gasteiger partial charge in [0, 0.05) is 0 Å². The van der Waals surface area contributed by atoms with E-state index < -0.39 is 21.8 Å². The lowest BCUT2D eigenvalue weighted by atomic mass is 9.85. The molecule has 0 radical (unpaired) electrons. The van der Waals surface area contributed by atoms with Gasteiger partial charge in [-0.05, 0) is 48.4 Å². The molecule has 1 atom stereocenters. The first-order valence-electron chi connectivity index (χ1n) is 5.27. The van der Waals surface area contributed by atoms with Crippen LogP contribution in [0.4, 0.5) is 8.78 Å². The van der Waals surface area contributed by atoms with Crippen molar-refractivity contribution < 1.29 is 21.8 Å². The number of hydrogen-bond acceptors (Lipinski definition) is 2. The SMILES string of the molecule is O=S(=O)(O)CC1CCc2cc(F)c(F)cc2C1. The minimum absolute atomic E-state index is 0.234. The zero-order valence-electron chi connectivity index (χ0n) is 8.99. The van der Waals surface area contributed by atoms with Gasteiger partial charge in [-0.1, -0.05) is 0 Å². The Balaban J connectivity index is 2.22. The van der Waals surface area contributed by atoms with Gasteiger partial charge in [0.05, 0.1) is 5.75 Å². The Morgan fingerprint density at radius 1 is 1.24 bits per heavy atom. The van der Waals surface area contributed by atoms with E-state index in [1.165, 1.54) is 0 Å². The Morgan fingerprint density at radius 3 is 2.41 bits per heavy atom. The fourth-order valence-electron chi connectivity index (χ4n) is 2.26. The highest BCUT2D eigenvalue weighted by molar-refractivity contribution is 7.85. The molecule has 0 aromatic heterocycles. The molecule has 1 aliphatic rings. The van der Waals surface area contributed by atoms with Crippen LogP contribution in [-0.4, -0.2) is 18.7 Å². The minimum atomic E-state index is -4.01. The standard InChI is InChI=1S/C11H12F2O3S/c12-10-4-8-2-1-7(6-17(14,15)16)3-9(8)5-11(10)13/h4-5,7H,1-3,6H2,(H,14,15,16). The van der Waals surface area contributed by atoms with Crippen LogP contribution in [-0.2, 0) is 23.0 Å². The van der Waals surface area contributed by atoms with E-state index >= 15 is 0 Å². The molecule has 0 aliphatic heterocycles. The van der Waals surface area contributed by atoms with Crippen molar-refractivity contribution >= 4 is 10.1 Å². The Hall–Kier alpha value is -1.01. The van der Waals surface area contributed by atoms with Crippen molar-refractivity contribution in [2.24, 2.45) is 5.92 Å². The summed E-state index contributed by atoms with van der Waals surface area (Å²) in [5.74, 6) is -2.36. The first-order valence-corrected chi connectivity index (χ1v) is 6.88. The summed E-state index contributed by atoms with van der Waals surface area (Å²) in [6.45, 7) is 0. The smallest absolute Gasteiger partial charge is 0.265 e. The predicted molar refractivity (Wildman–Crippen MR) is 58.3 cm³/mol. The fourth-order valence-corrected chi connectivity index (χ4v) is 3.15. The quantitative estimate of drug-likeness (QED) is 0.829. The third-order valence-corrected chi connectivity index (χ3v) is 3.91. The van der Waals surface area contributed by atoms with Crippen LogP contribution in [0.3, 0.4) is 0 Å². The van der Waals surface area contributed by atoms with Crippen LogP contribution in [0.5, 0.6) is 0 Å². The molecule has 0 fully saturated rings. The van der Waals surface area contributed by atoms with Crippen LogP contribution >= 0.6 is 0 Å². The molecule has 0 bridgehead atoms. The lowest BCUT2D eigenvalue weighted by Crippen LogP contribution is -2.22. The topological polar surface area (TPSA) is 54.4 Å². The molecule has 0 saturated carbocycles. The van der Waals surface area contributed by atoms with Gasteiger partial charge in [-0.15, -0.1) is 0 Å². The Labute approximate surface area is 98.2 Å². The van der Waals surface area contributed by atoms with E-state index in [-0.39, 0.29) is 11.7 Å². The molecule has 0 heterocycles. The largest absolute Gasteiger partial charge is 0.286 e. The molecule has 17 heavy (non-hydrogen) atoms. The van der Waals surface area contributed by atoms with Gasteiger partial charge >= 0.3 is 0 Å². The van der Waals surface area contributed by atoms with Gasteiger partial charge in [0.25, 0.3) is 10.1 Å². The van der Waals surface area contributed by atoms with Gasteiger partial charge in [-0.2, -0.15) is 8.42 Å². The predicted octanol–water partition coefficient (Wildman–Crippen LogP) is 1.96. The molecule has 6 heteroatoms. The summed E-state index contributed by atoms with van der Waals surface area (Å²) < 4.78 is 56.3. The molecule has 1 aromatic rings. The highest BCUT2D eigenvalue weighted by atomic mass is 32.2. The van der Waals surface area contributed by atoms with Crippen LogP contribution in [0.25, 0.3) is 0 Å². The van der Waals surface area contributed by atoms with E-state index in [9.17, 15) is 17.2 Å². The van der Waals surface area contributed by atoms with E-state index in [1.54, 1.807) is 0 Å². The lowest BCUT2D eigenvalue weighted by molar-refractivity contribution is 0.439. The normalized spacial score (nSPS) is 20.1. The van der Waals surface area contributed by atoms with Crippen molar-refractivity contribution in [3.8, 4) is 0 Å². The van der Waals surface area contributed by atoms with Crippen molar-refractivity contribution in [3.05, 3.63) is 34.9 Å². The fraction of sp³-hybridized carbons (Fsp3) is 0.455. The van der Waals surface area contributed by atoms with Crippen LogP contribution in [0.15, 0.2) is 12.1 Å². The van der Waals surface area contributed by atoms with Crippen LogP contribution in [0.1, 0.15) is 17.5 Å². The van der Waals surface area contributed by atoms with E-state index in [2.05, 4.69) is 0 Å². The highest BCUT2D eigenvalue weighted by Crippen LogP contribution is 2.28. The zero-order chi connectivity index (χ0) is 12.6. The highest BCUT2D eigenvalue weighted by Gasteiger charge is 2.24. The molecule has 0 amide bonds. The van der Waals surface area contributed by atoms with Crippen molar-refractivity contribution in [1.29, 1.82) is 0 Å². The molecule has 1 N–H and O–H groups in total. The first-order chi connectivity index (χ1) is 7.85. The third kappa shape index (κ3) is 3.01. The summed E-state index contributed by atoms with van der Waals surface area (Å²) in [6, 6.07) is 2.27. The van der Waals surface area contributed by atoms with Gasteiger partial charge in [-0.3, -0.25) is 4.55 Å². The van der Waals surface area contributed by atoms with E-state index in [4.69, 9.17) is 4.55 Å². The average Bonchev–Trinajstić information content (AvgIpc) is 2.18. The van der Waals surface area contributed by atoms with Gasteiger partial charge in [0.1, 0.15) is 0 Å². The number of hydrogen-bond donors (Lipinski definition) is 1. The van der Waals surface area contributed by atoms with Crippen molar-refractivity contribution in [3.63, 3.8) is 0 Å². The number of fused-ring (bicyclic) bond motifs is 1. The number of halogens is 2. The van der Waals surface area contributed by atoms with Crippen molar-refractivity contribution in [2.75, 3.05) is 5.75 Å². The molecule has 1 aliphatic carbocycles. The molecule has 0 spiro atoms. The van der Waals surface area contributed by atoms with Crippen LogP contribution in [0, 0.1) is 17.6 Å².